The molecule has 0 unspecified atom stereocenters. The van der Waals surface area contributed by atoms with Crippen molar-refractivity contribution in [1.29, 1.82) is 0 Å². The lowest BCUT2D eigenvalue weighted by Gasteiger charge is -2.13. The van der Waals surface area contributed by atoms with Gasteiger partial charge in [0, 0.05) is 16.9 Å². The van der Waals surface area contributed by atoms with Gasteiger partial charge in [-0.25, -0.2) is 17.9 Å². The predicted molar refractivity (Wildman–Crippen MR) is 76.6 cm³/mol. The number of nitrogens with one attached hydrogen (secondary N) is 1. The molecular formula is C13H14FN3O2S. The van der Waals surface area contributed by atoms with E-state index in [0.717, 1.165) is 0 Å². The van der Waals surface area contributed by atoms with Crippen LogP contribution < -0.4 is 16.2 Å². The zero-order chi connectivity index (χ0) is 14.9. The molecule has 0 aliphatic carbocycles. The van der Waals surface area contributed by atoms with E-state index in [1.54, 1.807) is 13.0 Å². The van der Waals surface area contributed by atoms with Crippen LogP contribution >= 0.6 is 0 Å². The van der Waals surface area contributed by atoms with E-state index >= 15 is 0 Å². The standard InChI is InChI=1S/C13H14FN3O2S/c1-8-10(14)3-2-4-11(8)17-12-6-5-9(15)7-13(12)20(16,18)19/h2-7,17H,15H2,1H3,(H2,16,18,19). The molecular weight excluding hydrogens is 281 g/mol. The maximum atomic E-state index is 13.5. The number of halogens is 1. The fraction of sp³-hybridized carbons (Fsp3) is 0.0769. The Bertz CT molecular complexity index is 760. The first-order valence-electron chi connectivity index (χ1n) is 5.73. The molecule has 0 bridgehead atoms. The molecule has 2 rings (SSSR count). The van der Waals surface area contributed by atoms with E-state index in [4.69, 9.17) is 10.9 Å². The lowest BCUT2D eigenvalue weighted by atomic mass is 10.2. The van der Waals surface area contributed by atoms with Crippen LogP contribution in [0.5, 0.6) is 0 Å². The molecule has 20 heavy (non-hydrogen) atoms. The Balaban J connectivity index is 2.52. The number of nitrogens with two attached hydrogens (primary N) is 2. The molecule has 0 aliphatic heterocycles. The third-order valence-electron chi connectivity index (χ3n) is 2.85. The number of hydrogen-bond acceptors (Lipinski definition) is 4. The minimum atomic E-state index is -3.94. The molecule has 2 aromatic carbocycles. The summed E-state index contributed by atoms with van der Waals surface area (Å²) in [6, 6.07) is 8.77. The number of nitrogen functional groups attached to an aromatic ring is 1. The van der Waals surface area contributed by atoms with E-state index < -0.39 is 10.0 Å². The van der Waals surface area contributed by atoms with Gasteiger partial charge in [-0.1, -0.05) is 6.07 Å². The van der Waals surface area contributed by atoms with Crippen LogP contribution in [0.4, 0.5) is 21.5 Å². The highest BCUT2D eigenvalue weighted by Crippen LogP contribution is 2.28. The van der Waals surface area contributed by atoms with Gasteiger partial charge in [0.2, 0.25) is 10.0 Å². The summed E-state index contributed by atoms with van der Waals surface area (Å²) < 4.78 is 36.6. The van der Waals surface area contributed by atoms with Crippen molar-refractivity contribution in [3.63, 3.8) is 0 Å². The summed E-state index contributed by atoms with van der Waals surface area (Å²) in [6.07, 6.45) is 0. The SMILES string of the molecule is Cc1c(F)cccc1Nc1ccc(N)cc1S(N)(=O)=O. The van der Waals surface area contributed by atoms with Gasteiger partial charge in [0.25, 0.3) is 0 Å². The van der Waals surface area contributed by atoms with Crippen molar-refractivity contribution in [2.24, 2.45) is 5.14 Å². The molecule has 7 heteroatoms. The van der Waals surface area contributed by atoms with Gasteiger partial charge in [0.1, 0.15) is 10.7 Å². The van der Waals surface area contributed by atoms with Crippen LogP contribution in [0.15, 0.2) is 41.3 Å². The third kappa shape index (κ3) is 2.89. The number of benzene rings is 2. The van der Waals surface area contributed by atoms with Crippen LogP contribution in [-0.2, 0) is 10.0 Å². The topological polar surface area (TPSA) is 98.2 Å². The van der Waals surface area contributed by atoms with Crippen molar-refractivity contribution in [1.82, 2.24) is 0 Å². The van der Waals surface area contributed by atoms with Gasteiger partial charge in [0.15, 0.2) is 0 Å². The Morgan fingerprint density at radius 1 is 1.15 bits per heavy atom. The number of sulfonamides is 1. The summed E-state index contributed by atoms with van der Waals surface area (Å²) in [4.78, 5) is -0.138. The van der Waals surface area contributed by atoms with Crippen molar-refractivity contribution in [2.45, 2.75) is 11.8 Å². The van der Waals surface area contributed by atoms with E-state index in [1.165, 1.54) is 30.3 Å². The molecule has 5 N–H and O–H groups in total. The summed E-state index contributed by atoms with van der Waals surface area (Å²) in [6.45, 7) is 1.59. The van der Waals surface area contributed by atoms with Crippen LogP contribution in [0.1, 0.15) is 5.56 Å². The van der Waals surface area contributed by atoms with E-state index in [-0.39, 0.29) is 22.1 Å². The van der Waals surface area contributed by atoms with E-state index in [2.05, 4.69) is 5.32 Å². The number of rotatable bonds is 3. The number of primary sulfonamides is 1. The minimum Gasteiger partial charge on any atom is -0.399 e. The van der Waals surface area contributed by atoms with Crippen LogP contribution in [0.2, 0.25) is 0 Å². The normalized spacial score (nSPS) is 11.3. The average molecular weight is 295 g/mol. The first-order chi connectivity index (χ1) is 9.29. The van der Waals surface area contributed by atoms with Crippen molar-refractivity contribution >= 4 is 27.1 Å². The fourth-order valence-corrected chi connectivity index (χ4v) is 2.49. The Labute approximate surface area is 116 Å². The van der Waals surface area contributed by atoms with Gasteiger partial charge in [-0.2, -0.15) is 0 Å². The van der Waals surface area contributed by atoms with E-state index in [1.807, 2.05) is 0 Å². The zero-order valence-electron chi connectivity index (χ0n) is 10.7. The fourth-order valence-electron chi connectivity index (χ4n) is 1.77. The quantitative estimate of drug-likeness (QED) is 0.755. The second kappa shape index (κ2) is 5.10. The van der Waals surface area contributed by atoms with Gasteiger partial charge in [-0.15, -0.1) is 0 Å². The van der Waals surface area contributed by atoms with Crippen LogP contribution in [0.3, 0.4) is 0 Å². The van der Waals surface area contributed by atoms with Gasteiger partial charge < -0.3 is 11.1 Å². The second-order valence-corrected chi connectivity index (χ2v) is 5.87. The lowest BCUT2D eigenvalue weighted by molar-refractivity contribution is 0.598. The number of hydrogen-bond donors (Lipinski definition) is 3. The Morgan fingerprint density at radius 2 is 1.85 bits per heavy atom. The van der Waals surface area contributed by atoms with Gasteiger partial charge in [-0.3, -0.25) is 0 Å². The molecule has 106 valence electrons. The highest BCUT2D eigenvalue weighted by molar-refractivity contribution is 7.89. The molecule has 5 nitrogen and oxygen atoms in total. The van der Waals surface area contributed by atoms with Crippen LogP contribution in [0, 0.1) is 12.7 Å². The third-order valence-corrected chi connectivity index (χ3v) is 3.80. The summed E-state index contributed by atoms with van der Waals surface area (Å²) in [7, 11) is -3.94. The average Bonchev–Trinajstić information content (AvgIpc) is 2.36. The highest BCUT2D eigenvalue weighted by Gasteiger charge is 2.15. The molecule has 0 radical (unpaired) electrons. The molecule has 0 amide bonds. The Hall–Kier alpha value is -2.12. The maximum Gasteiger partial charge on any atom is 0.240 e. The summed E-state index contributed by atoms with van der Waals surface area (Å²) in [5.74, 6) is -0.386. The molecule has 0 fully saturated rings. The molecule has 0 aromatic heterocycles. The molecule has 0 saturated carbocycles. The lowest BCUT2D eigenvalue weighted by Crippen LogP contribution is -2.14. The van der Waals surface area contributed by atoms with Gasteiger partial charge >= 0.3 is 0 Å². The summed E-state index contributed by atoms with van der Waals surface area (Å²) in [5, 5.41) is 8.01. The smallest absolute Gasteiger partial charge is 0.240 e. The molecule has 0 heterocycles. The first kappa shape index (κ1) is 14.3. The zero-order valence-corrected chi connectivity index (χ0v) is 11.5. The summed E-state index contributed by atoms with van der Waals surface area (Å²) >= 11 is 0. The first-order valence-corrected chi connectivity index (χ1v) is 7.28. The van der Waals surface area contributed by atoms with Crippen LogP contribution in [-0.4, -0.2) is 8.42 Å². The van der Waals surface area contributed by atoms with Crippen molar-refractivity contribution in [2.75, 3.05) is 11.1 Å². The van der Waals surface area contributed by atoms with Crippen molar-refractivity contribution in [3.8, 4) is 0 Å². The highest BCUT2D eigenvalue weighted by atomic mass is 32.2. The molecule has 0 saturated heterocycles. The van der Waals surface area contributed by atoms with Crippen LogP contribution in [0.25, 0.3) is 0 Å². The predicted octanol–water partition coefficient (Wildman–Crippen LogP) is 2.11. The largest absolute Gasteiger partial charge is 0.399 e. The molecule has 2 aromatic rings. The van der Waals surface area contributed by atoms with Crippen molar-refractivity contribution in [3.05, 3.63) is 47.8 Å². The molecule has 0 aliphatic rings. The van der Waals surface area contributed by atoms with Gasteiger partial charge in [-0.05, 0) is 37.3 Å². The van der Waals surface area contributed by atoms with Gasteiger partial charge in [0.05, 0.1) is 5.69 Å². The van der Waals surface area contributed by atoms with E-state index in [0.29, 0.717) is 11.3 Å². The monoisotopic (exact) mass is 295 g/mol. The maximum absolute atomic E-state index is 13.5. The minimum absolute atomic E-state index is 0.138. The summed E-state index contributed by atoms with van der Waals surface area (Å²) in [5.41, 5.74) is 6.92. The Kier molecular flexibility index (Phi) is 3.65. The molecule has 0 spiro atoms. The van der Waals surface area contributed by atoms with Crippen molar-refractivity contribution < 1.29 is 12.8 Å². The molecule has 0 atom stereocenters. The number of anilines is 3. The second-order valence-electron chi connectivity index (χ2n) is 4.34. The Morgan fingerprint density at radius 3 is 2.50 bits per heavy atom. The van der Waals surface area contributed by atoms with E-state index in [9.17, 15) is 12.8 Å².